The minimum Gasteiger partial charge on any atom is -0.508 e. The van der Waals surface area contributed by atoms with Crippen LogP contribution in [-0.4, -0.2) is 30.9 Å². The Hall–Kier alpha value is -0.850. The second-order valence-electron chi connectivity index (χ2n) is 5.16. The number of carboxylic acid groups (broad SMARTS) is 1. The molecule has 1 aromatic rings. The van der Waals surface area contributed by atoms with Crippen molar-refractivity contribution in [1.29, 1.82) is 0 Å². The number of nitrogens with two attached hydrogens (primary N) is 1. The van der Waals surface area contributed by atoms with Crippen LogP contribution in [-0.2, 0) is 4.79 Å². The zero-order valence-corrected chi connectivity index (χ0v) is 16.2. The standard InChI is InChI=1S/C15H15I2NO5/c16-11-5-8(6-12(18)14(20)21)7-15(17,22)13(11)23-10-3-1-9(19)2-4-10/h1-5,12,19,22H,6-7,18H2,(H,20,21)/t12-,15?/m0/s1. The average Bonchev–Trinajstić information content (AvgIpc) is 2.44. The van der Waals surface area contributed by atoms with Crippen molar-refractivity contribution >= 4 is 51.2 Å². The molecular formula is C15H15I2NO5. The molecule has 0 aliphatic heterocycles. The van der Waals surface area contributed by atoms with E-state index in [0.29, 0.717) is 15.1 Å². The molecule has 5 N–H and O–H groups in total. The maximum atomic E-state index is 10.9. The Morgan fingerprint density at radius 2 is 2.00 bits per heavy atom. The van der Waals surface area contributed by atoms with Crippen molar-refractivity contribution < 1.29 is 24.9 Å². The van der Waals surface area contributed by atoms with Gasteiger partial charge in [-0.3, -0.25) is 4.79 Å². The number of carboxylic acids is 1. The van der Waals surface area contributed by atoms with Gasteiger partial charge in [-0.05, 0) is 81.9 Å². The second kappa shape index (κ2) is 7.36. The van der Waals surface area contributed by atoms with Gasteiger partial charge in [0.05, 0.1) is 3.58 Å². The largest absolute Gasteiger partial charge is 0.508 e. The smallest absolute Gasteiger partial charge is 0.320 e. The zero-order valence-electron chi connectivity index (χ0n) is 11.9. The summed E-state index contributed by atoms with van der Waals surface area (Å²) in [6, 6.07) is 5.17. The van der Waals surface area contributed by atoms with Crippen molar-refractivity contribution in [3.05, 3.63) is 45.3 Å². The van der Waals surface area contributed by atoms with Crippen molar-refractivity contribution in [1.82, 2.24) is 0 Å². The molecule has 0 bridgehead atoms. The number of rotatable bonds is 5. The van der Waals surface area contributed by atoms with Crippen LogP contribution in [0, 0.1) is 0 Å². The molecule has 0 fully saturated rings. The highest BCUT2D eigenvalue weighted by Gasteiger charge is 2.37. The van der Waals surface area contributed by atoms with Crippen LogP contribution in [0.25, 0.3) is 0 Å². The van der Waals surface area contributed by atoms with Crippen LogP contribution in [0.3, 0.4) is 0 Å². The third-order valence-electron chi connectivity index (χ3n) is 3.21. The van der Waals surface area contributed by atoms with Gasteiger partial charge in [0.1, 0.15) is 17.5 Å². The number of aromatic hydroxyl groups is 1. The summed E-state index contributed by atoms with van der Waals surface area (Å²) in [4.78, 5) is 10.9. The Morgan fingerprint density at radius 1 is 1.39 bits per heavy atom. The van der Waals surface area contributed by atoms with Crippen LogP contribution < -0.4 is 10.5 Å². The van der Waals surface area contributed by atoms with Crippen LogP contribution in [0.4, 0.5) is 0 Å². The number of phenolic OH excluding ortho intramolecular Hbond substituents is 1. The van der Waals surface area contributed by atoms with E-state index in [2.05, 4.69) is 0 Å². The van der Waals surface area contributed by atoms with Crippen molar-refractivity contribution in [2.75, 3.05) is 0 Å². The number of hydrogen-bond donors (Lipinski definition) is 4. The van der Waals surface area contributed by atoms with Gasteiger partial charge >= 0.3 is 5.97 Å². The highest BCUT2D eigenvalue weighted by atomic mass is 127. The van der Waals surface area contributed by atoms with E-state index in [1.54, 1.807) is 18.2 Å². The summed E-state index contributed by atoms with van der Waals surface area (Å²) in [7, 11) is 0. The van der Waals surface area contributed by atoms with E-state index in [0.717, 1.165) is 5.57 Å². The predicted octanol–water partition coefficient (Wildman–Crippen LogP) is 2.67. The van der Waals surface area contributed by atoms with E-state index < -0.39 is 15.6 Å². The average molecular weight is 543 g/mol. The van der Waals surface area contributed by atoms with Gasteiger partial charge in [-0.2, -0.15) is 0 Å². The molecule has 0 aromatic heterocycles. The third-order valence-corrected chi connectivity index (χ3v) is 4.89. The molecule has 124 valence electrons. The summed E-state index contributed by atoms with van der Waals surface area (Å²) in [5.41, 5.74) is 6.31. The van der Waals surface area contributed by atoms with Crippen molar-refractivity contribution in [2.24, 2.45) is 5.73 Å². The molecule has 2 rings (SSSR count). The fourth-order valence-electron chi connectivity index (χ4n) is 2.12. The molecule has 1 unspecified atom stereocenters. The Labute approximate surface area is 160 Å². The molecule has 0 radical (unpaired) electrons. The summed E-state index contributed by atoms with van der Waals surface area (Å²) < 4.78 is 5.13. The lowest BCUT2D eigenvalue weighted by atomic mass is 9.95. The van der Waals surface area contributed by atoms with E-state index >= 15 is 0 Å². The molecule has 0 saturated carbocycles. The van der Waals surface area contributed by atoms with Gasteiger partial charge in [0.2, 0.25) is 0 Å². The van der Waals surface area contributed by atoms with Gasteiger partial charge < -0.3 is 25.8 Å². The number of alkyl halides is 1. The fraction of sp³-hybridized carbons (Fsp3) is 0.267. The number of aliphatic hydroxyl groups is 1. The molecule has 1 aromatic carbocycles. The third kappa shape index (κ3) is 4.81. The number of allylic oxidation sites excluding steroid dienone is 2. The summed E-state index contributed by atoms with van der Waals surface area (Å²) in [5.74, 6) is -0.0922. The van der Waals surface area contributed by atoms with E-state index in [-0.39, 0.29) is 18.6 Å². The molecule has 6 nitrogen and oxygen atoms in total. The molecule has 0 amide bonds. The molecule has 0 heterocycles. The van der Waals surface area contributed by atoms with Gasteiger partial charge in [-0.15, -0.1) is 0 Å². The lowest BCUT2D eigenvalue weighted by molar-refractivity contribution is -0.138. The quantitative estimate of drug-likeness (QED) is 0.336. The molecule has 1 aliphatic carbocycles. The highest BCUT2D eigenvalue weighted by Crippen LogP contribution is 2.42. The SMILES string of the molecule is N[C@@H](CC1=CC(I)=C(Oc2ccc(O)cc2)C(O)(I)C1)C(=O)O. The number of carbonyl (C=O) groups is 1. The first-order chi connectivity index (χ1) is 10.7. The van der Waals surface area contributed by atoms with Crippen molar-refractivity contribution in [3.8, 4) is 11.5 Å². The fourth-order valence-corrected chi connectivity index (χ4v) is 4.52. The Kier molecular flexibility index (Phi) is 5.92. The van der Waals surface area contributed by atoms with Crippen LogP contribution in [0.2, 0.25) is 0 Å². The number of halogens is 2. The number of hydrogen-bond acceptors (Lipinski definition) is 5. The van der Waals surface area contributed by atoms with Crippen LogP contribution in [0.1, 0.15) is 12.8 Å². The van der Waals surface area contributed by atoms with E-state index in [9.17, 15) is 15.0 Å². The molecule has 0 spiro atoms. The maximum Gasteiger partial charge on any atom is 0.320 e. The minimum absolute atomic E-state index is 0.124. The van der Waals surface area contributed by atoms with Crippen molar-refractivity contribution in [3.63, 3.8) is 0 Å². The lowest BCUT2D eigenvalue weighted by Crippen LogP contribution is -2.34. The number of aliphatic carboxylic acids is 1. The molecule has 8 heteroatoms. The number of phenols is 1. The van der Waals surface area contributed by atoms with Crippen molar-refractivity contribution in [2.45, 2.75) is 22.5 Å². The summed E-state index contributed by atoms with van der Waals surface area (Å²) in [5, 5.41) is 28.9. The second-order valence-corrected chi connectivity index (χ2v) is 8.11. The molecule has 23 heavy (non-hydrogen) atoms. The van der Waals surface area contributed by atoms with Crippen LogP contribution in [0.15, 0.2) is 45.3 Å². The molecular weight excluding hydrogens is 528 g/mol. The highest BCUT2D eigenvalue weighted by molar-refractivity contribution is 14.1. The van der Waals surface area contributed by atoms with Crippen LogP contribution >= 0.6 is 45.2 Å². The Balaban J connectivity index is 2.25. The first-order valence-electron chi connectivity index (χ1n) is 6.65. The molecule has 1 aliphatic rings. The zero-order chi connectivity index (χ0) is 17.2. The number of benzene rings is 1. The molecule has 0 saturated heterocycles. The Morgan fingerprint density at radius 3 is 2.52 bits per heavy atom. The van der Waals surface area contributed by atoms with Gasteiger partial charge in [-0.1, -0.05) is 5.57 Å². The summed E-state index contributed by atoms with van der Waals surface area (Å²) in [6.45, 7) is 0. The lowest BCUT2D eigenvalue weighted by Gasteiger charge is -2.30. The van der Waals surface area contributed by atoms with Gasteiger partial charge in [-0.25, -0.2) is 0 Å². The van der Waals surface area contributed by atoms with E-state index in [1.807, 2.05) is 45.2 Å². The van der Waals surface area contributed by atoms with Gasteiger partial charge in [0.25, 0.3) is 0 Å². The first-order valence-corrected chi connectivity index (χ1v) is 8.81. The van der Waals surface area contributed by atoms with Gasteiger partial charge in [0.15, 0.2) is 9.37 Å². The first kappa shape index (κ1) is 18.5. The monoisotopic (exact) mass is 543 g/mol. The summed E-state index contributed by atoms with van der Waals surface area (Å²) in [6.07, 6.45) is 2.18. The van der Waals surface area contributed by atoms with E-state index in [1.165, 1.54) is 12.1 Å². The van der Waals surface area contributed by atoms with E-state index in [4.69, 9.17) is 15.6 Å². The molecule has 2 atom stereocenters. The topological polar surface area (TPSA) is 113 Å². The predicted molar refractivity (Wildman–Crippen MR) is 102 cm³/mol. The number of ether oxygens (including phenoxy) is 1. The summed E-state index contributed by atoms with van der Waals surface area (Å²) >= 11 is 3.90. The maximum absolute atomic E-state index is 10.9. The van der Waals surface area contributed by atoms with Gasteiger partial charge in [0, 0.05) is 6.42 Å². The minimum atomic E-state index is -1.30. The normalized spacial score (nSPS) is 22.5. The van der Waals surface area contributed by atoms with Crippen LogP contribution in [0.5, 0.6) is 11.5 Å². The Bertz CT molecular complexity index is 667.